The molecule has 0 N–H and O–H groups in total. The van der Waals surface area contributed by atoms with Crippen LogP contribution >= 0.6 is 0 Å². The maximum absolute atomic E-state index is 6.51. The molecule has 72 heavy (non-hydrogen) atoms. The molecule has 0 saturated carbocycles. The van der Waals surface area contributed by atoms with Crippen LogP contribution in [0.3, 0.4) is 0 Å². The molecule has 0 aliphatic carbocycles. The van der Waals surface area contributed by atoms with Crippen molar-refractivity contribution in [2.75, 3.05) is 0 Å². The van der Waals surface area contributed by atoms with Gasteiger partial charge in [0, 0.05) is 35.1 Å². The number of hydrogen-bond donors (Lipinski definition) is 0. The van der Waals surface area contributed by atoms with Crippen molar-refractivity contribution in [1.82, 2.24) is 15.0 Å². The largest absolute Gasteiger partial charge is 3.00 e. The van der Waals surface area contributed by atoms with Gasteiger partial charge in [0.05, 0.1) is 0 Å². The van der Waals surface area contributed by atoms with Gasteiger partial charge in [-0.2, -0.15) is 0 Å². The van der Waals surface area contributed by atoms with Crippen LogP contribution in [0, 0.1) is 18.2 Å². The molecular weight excluding hydrogens is 1050 g/mol. The molecule has 0 fully saturated rings. The van der Waals surface area contributed by atoms with Crippen LogP contribution in [0.4, 0.5) is 0 Å². The van der Waals surface area contributed by atoms with Crippen molar-refractivity contribution in [3.8, 4) is 78.3 Å². The van der Waals surface area contributed by atoms with Gasteiger partial charge in [-0.15, -0.1) is 94.5 Å². The normalized spacial score (nSPS) is 11.2. The van der Waals surface area contributed by atoms with E-state index >= 15 is 0 Å². The summed E-state index contributed by atoms with van der Waals surface area (Å²) in [7, 11) is 0. The predicted octanol–water partition coefficient (Wildman–Crippen LogP) is 16.4. The minimum absolute atomic E-state index is 0. The summed E-state index contributed by atoms with van der Waals surface area (Å²) >= 11 is 0. The Morgan fingerprint density at radius 2 is 0.917 bits per heavy atom. The Labute approximate surface area is 434 Å². The van der Waals surface area contributed by atoms with Crippen molar-refractivity contribution in [1.29, 1.82) is 0 Å². The number of benzene rings is 8. The summed E-state index contributed by atoms with van der Waals surface area (Å²) in [6, 6.07) is 85.7. The summed E-state index contributed by atoms with van der Waals surface area (Å²) in [5, 5.41) is 2.11. The van der Waals surface area contributed by atoms with Crippen LogP contribution in [0.25, 0.3) is 100 Å². The molecule has 0 aliphatic rings. The number of rotatable bonds is 13. The fourth-order valence-electron chi connectivity index (χ4n) is 9.75. The van der Waals surface area contributed by atoms with Gasteiger partial charge >= 0.3 is 20.1 Å². The first-order valence-corrected chi connectivity index (χ1v) is 24.2. The first kappa shape index (κ1) is 46.1. The van der Waals surface area contributed by atoms with Crippen molar-refractivity contribution in [2.24, 2.45) is 0 Å². The zero-order chi connectivity index (χ0) is 47.3. The zero-order valence-electron chi connectivity index (χ0n) is 39.4. The maximum atomic E-state index is 6.51. The summed E-state index contributed by atoms with van der Waals surface area (Å²) in [6.45, 7) is 0. The van der Waals surface area contributed by atoms with E-state index in [1.807, 2.05) is 73.2 Å². The zero-order valence-corrected chi connectivity index (χ0v) is 41.7. The second-order valence-electron chi connectivity index (χ2n) is 18.0. The van der Waals surface area contributed by atoms with Crippen molar-refractivity contribution in [3.05, 3.63) is 271 Å². The van der Waals surface area contributed by atoms with Crippen LogP contribution in [-0.2, 0) is 45.8 Å². The fraction of sp³-hybridized carbons (Fsp3) is 0.0597. The van der Waals surface area contributed by atoms with Gasteiger partial charge in [-0.3, -0.25) is 0 Å². The van der Waals surface area contributed by atoms with Crippen LogP contribution in [0.15, 0.2) is 235 Å². The number of para-hydroxylation sites is 1. The van der Waals surface area contributed by atoms with Crippen molar-refractivity contribution < 1.29 is 24.5 Å². The number of furan rings is 1. The van der Waals surface area contributed by atoms with Crippen LogP contribution < -0.4 is 0 Å². The van der Waals surface area contributed by atoms with Crippen LogP contribution in [0.5, 0.6) is 0 Å². The van der Waals surface area contributed by atoms with Gasteiger partial charge in [0.1, 0.15) is 11.2 Å². The molecule has 12 aromatic rings. The van der Waals surface area contributed by atoms with E-state index in [2.05, 4.69) is 186 Å². The molecule has 4 aromatic heterocycles. The number of aryl methyl sites for hydroxylation is 4. The van der Waals surface area contributed by atoms with Gasteiger partial charge in [-0.25, -0.2) is 0 Å². The number of pyridine rings is 3. The van der Waals surface area contributed by atoms with Gasteiger partial charge in [-0.05, 0) is 87.4 Å². The molecule has 0 spiro atoms. The summed E-state index contributed by atoms with van der Waals surface area (Å²) in [5.41, 5.74) is 21.3. The van der Waals surface area contributed by atoms with E-state index in [0.29, 0.717) is 0 Å². The molecule has 0 aliphatic heterocycles. The average Bonchev–Trinajstić information content (AvgIpc) is 3.84. The standard InChI is InChI=1S/C67H46N3O.Ir/c1-2-12-50(13-3-1)51-32-34-52(35-33-51)62-45-55(66-67-61(38-41-70-66)60-16-6-7-19-65(60)71-67)36-37-59(62)58-15-5-4-14-57(58)56-43-48(22-20-46-24-28-53(29-25-46)63-17-8-10-39-68-63)42-49(44-56)23-21-47-26-30-54(31-27-47)64-18-9-11-40-69-64;/h1-19,24-28,30,32-35,37-45H,20-23H2;/q-3;+3. The molecular formula is C67H46IrN3O. The maximum Gasteiger partial charge on any atom is 3.00 e. The van der Waals surface area contributed by atoms with Gasteiger partial charge in [0.15, 0.2) is 0 Å². The molecule has 0 unspecified atom stereocenters. The average molecular weight is 1100 g/mol. The Morgan fingerprint density at radius 3 is 1.56 bits per heavy atom. The van der Waals surface area contributed by atoms with E-state index < -0.39 is 0 Å². The van der Waals surface area contributed by atoms with E-state index in [0.717, 1.165) is 109 Å². The molecule has 5 heteroatoms. The SMILES string of the molecule is [Ir+3].[c-]1cc(CCc2cc(CCc3c[c-]c(-c4ccccn4)cc3)cc(-c3ccccc3-c3c[c-]c(-c4nccc5c4oc4ccccc45)cc3-c3ccc(-c4ccccc4)cc3)c2)ccc1-c1ccccn1. The quantitative estimate of drug-likeness (QED) is 0.108. The van der Waals surface area contributed by atoms with Crippen LogP contribution in [0.1, 0.15) is 22.3 Å². The summed E-state index contributed by atoms with van der Waals surface area (Å²) in [6.07, 6.45) is 9.07. The monoisotopic (exact) mass is 1100 g/mol. The minimum Gasteiger partial charge on any atom is -0.464 e. The van der Waals surface area contributed by atoms with E-state index in [-0.39, 0.29) is 20.1 Å². The number of nitrogens with zero attached hydrogens (tertiary/aromatic N) is 3. The summed E-state index contributed by atoms with van der Waals surface area (Å²) in [4.78, 5) is 14.0. The van der Waals surface area contributed by atoms with Gasteiger partial charge in [0.2, 0.25) is 0 Å². The molecule has 344 valence electrons. The molecule has 0 radical (unpaired) electrons. The van der Waals surface area contributed by atoms with Crippen molar-refractivity contribution in [2.45, 2.75) is 25.7 Å². The molecule has 8 aromatic carbocycles. The Kier molecular flexibility index (Phi) is 13.4. The fourth-order valence-corrected chi connectivity index (χ4v) is 9.75. The molecule has 0 saturated heterocycles. The molecule has 0 amide bonds. The molecule has 0 bridgehead atoms. The minimum atomic E-state index is 0. The Bertz CT molecular complexity index is 3670. The van der Waals surface area contributed by atoms with Gasteiger partial charge in [0.25, 0.3) is 0 Å². The first-order chi connectivity index (χ1) is 35.2. The molecule has 4 nitrogen and oxygen atoms in total. The Morgan fingerprint density at radius 1 is 0.347 bits per heavy atom. The second-order valence-corrected chi connectivity index (χ2v) is 18.0. The summed E-state index contributed by atoms with van der Waals surface area (Å²) in [5.74, 6) is 0. The van der Waals surface area contributed by atoms with E-state index in [1.54, 1.807) is 0 Å². The Balaban J connectivity index is 0.00000560. The molecule has 4 heterocycles. The van der Waals surface area contributed by atoms with Crippen molar-refractivity contribution in [3.63, 3.8) is 0 Å². The van der Waals surface area contributed by atoms with Gasteiger partial charge in [-0.1, -0.05) is 169 Å². The van der Waals surface area contributed by atoms with E-state index in [4.69, 9.17) is 9.40 Å². The summed E-state index contributed by atoms with van der Waals surface area (Å²) < 4.78 is 6.51. The number of hydrogen-bond acceptors (Lipinski definition) is 4. The third kappa shape index (κ3) is 9.74. The predicted molar refractivity (Wildman–Crippen MR) is 289 cm³/mol. The topological polar surface area (TPSA) is 51.8 Å². The Hall–Kier alpha value is -8.34. The third-order valence-electron chi connectivity index (χ3n) is 13.4. The number of fused-ring (bicyclic) bond motifs is 3. The van der Waals surface area contributed by atoms with Crippen molar-refractivity contribution >= 4 is 21.9 Å². The van der Waals surface area contributed by atoms with Gasteiger partial charge < -0.3 is 19.4 Å². The van der Waals surface area contributed by atoms with E-state index in [1.165, 1.54) is 38.9 Å². The smallest absolute Gasteiger partial charge is 0.464 e. The molecule has 0 atom stereocenters. The molecule has 12 rings (SSSR count). The van der Waals surface area contributed by atoms with Crippen LogP contribution in [0.2, 0.25) is 0 Å². The number of aromatic nitrogens is 3. The third-order valence-corrected chi connectivity index (χ3v) is 13.4. The second kappa shape index (κ2) is 20.9. The van der Waals surface area contributed by atoms with E-state index in [9.17, 15) is 0 Å². The van der Waals surface area contributed by atoms with Crippen LogP contribution in [-0.4, -0.2) is 15.0 Å². The first-order valence-electron chi connectivity index (χ1n) is 24.2.